The number of hydrogen-bond acceptors (Lipinski definition) is 2. The molecule has 0 aliphatic carbocycles. The molecule has 0 aromatic heterocycles. The van der Waals surface area contributed by atoms with Crippen LogP contribution >= 0.6 is 12.2 Å². The highest BCUT2D eigenvalue weighted by molar-refractivity contribution is 7.80. The normalized spacial score (nSPS) is 10.2. The van der Waals surface area contributed by atoms with E-state index in [0.717, 1.165) is 12.8 Å². The fourth-order valence-corrected chi connectivity index (χ4v) is 1.44. The predicted octanol–water partition coefficient (Wildman–Crippen LogP) is 1.31. The van der Waals surface area contributed by atoms with Crippen molar-refractivity contribution < 1.29 is 4.79 Å². The van der Waals surface area contributed by atoms with E-state index in [1.54, 1.807) is 11.9 Å². The SMILES string of the molecule is CCC(CC)N(C)C(=O)CC(N)=S. The Morgan fingerprint density at radius 1 is 1.46 bits per heavy atom. The molecule has 13 heavy (non-hydrogen) atoms. The molecule has 0 aromatic rings. The molecule has 0 fully saturated rings. The number of carbonyl (C=O) groups is 1. The summed E-state index contributed by atoms with van der Waals surface area (Å²) < 4.78 is 0. The van der Waals surface area contributed by atoms with Gasteiger partial charge in [0.2, 0.25) is 5.91 Å². The lowest BCUT2D eigenvalue weighted by atomic mass is 10.1. The van der Waals surface area contributed by atoms with Crippen molar-refractivity contribution in [1.82, 2.24) is 4.90 Å². The minimum atomic E-state index is 0.0150. The van der Waals surface area contributed by atoms with E-state index in [4.69, 9.17) is 5.73 Å². The summed E-state index contributed by atoms with van der Waals surface area (Å²) in [6, 6.07) is 0.307. The lowest BCUT2D eigenvalue weighted by Crippen LogP contribution is -2.37. The lowest BCUT2D eigenvalue weighted by Gasteiger charge is -2.26. The second-order valence-electron chi connectivity index (χ2n) is 3.12. The molecule has 4 heteroatoms. The third-order valence-corrected chi connectivity index (χ3v) is 2.35. The first-order valence-electron chi connectivity index (χ1n) is 4.56. The Hall–Kier alpha value is -0.640. The van der Waals surface area contributed by atoms with Gasteiger partial charge in [0.1, 0.15) is 0 Å². The van der Waals surface area contributed by atoms with Gasteiger partial charge in [-0.25, -0.2) is 0 Å². The van der Waals surface area contributed by atoms with Crippen LogP contribution in [0.5, 0.6) is 0 Å². The van der Waals surface area contributed by atoms with Crippen molar-refractivity contribution in [3.8, 4) is 0 Å². The quantitative estimate of drug-likeness (QED) is 0.684. The summed E-state index contributed by atoms with van der Waals surface area (Å²) >= 11 is 4.68. The summed E-state index contributed by atoms with van der Waals surface area (Å²) in [4.78, 5) is 13.5. The van der Waals surface area contributed by atoms with Gasteiger partial charge < -0.3 is 10.6 Å². The van der Waals surface area contributed by atoms with E-state index in [9.17, 15) is 4.79 Å². The first-order chi connectivity index (χ1) is 6.02. The molecule has 0 rings (SSSR count). The van der Waals surface area contributed by atoms with Gasteiger partial charge in [-0.3, -0.25) is 4.79 Å². The smallest absolute Gasteiger partial charge is 0.229 e. The van der Waals surface area contributed by atoms with Crippen molar-refractivity contribution in [1.29, 1.82) is 0 Å². The van der Waals surface area contributed by atoms with E-state index in [2.05, 4.69) is 26.1 Å². The van der Waals surface area contributed by atoms with Crippen LogP contribution in [0, 0.1) is 0 Å². The zero-order chi connectivity index (χ0) is 10.4. The van der Waals surface area contributed by atoms with Gasteiger partial charge in [0.05, 0.1) is 11.4 Å². The first-order valence-corrected chi connectivity index (χ1v) is 4.97. The zero-order valence-corrected chi connectivity index (χ0v) is 9.36. The van der Waals surface area contributed by atoms with Crippen LogP contribution in [-0.4, -0.2) is 28.9 Å². The average molecular weight is 202 g/mol. The molecular formula is C9H18N2OS. The Bertz CT molecular complexity index is 190. The number of nitrogens with zero attached hydrogens (tertiary/aromatic N) is 1. The fraction of sp³-hybridized carbons (Fsp3) is 0.778. The summed E-state index contributed by atoms with van der Waals surface area (Å²) in [5.74, 6) is 0.0150. The number of hydrogen-bond donors (Lipinski definition) is 1. The molecule has 0 aliphatic heterocycles. The molecular weight excluding hydrogens is 184 g/mol. The number of thiocarbonyl (C=S) groups is 1. The summed E-state index contributed by atoms with van der Waals surface area (Å²) in [6.45, 7) is 4.14. The van der Waals surface area contributed by atoms with Crippen LogP contribution in [0.2, 0.25) is 0 Å². The van der Waals surface area contributed by atoms with Crippen LogP contribution in [0.15, 0.2) is 0 Å². The molecule has 3 nitrogen and oxygen atoms in total. The van der Waals surface area contributed by atoms with Gasteiger partial charge in [0, 0.05) is 13.1 Å². The van der Waals surface area contributed by atoms with Crippen LogP contribution in [0.4, 0.5) is 0 Å². The minimum absolute atomic E-state index is 0.0150. The Labute approximate surface area is 85.3 Å². The van der Waals surface area contributed by atoms with E-state index in [1.807, 2.05) is 0 Å². The zero-order valence-electron chi connectivity index (χ0n) is 8.54. The van der Waals surface area contributed by atoms with Crippen molar-refractivity contribution in [3.05, 3.63) is 0 Å². The van der Waals surface area contributed by atoms with Crippen molar-refractivity contribution in [2.75, 3.05) is 7.05 Å². The first kappa shape index (κ1) is 12.4. The standard InChI is InChI=1S/C9H18N2OS/c1-4-7(5-2)11(3)9(12)6-8(10)13/h7H,4-6H2,1-3H3,(H2,10,13). The van der Waals surface area contributed by atoms with Gasteiger partial charge in [0.15, 0.2) is 0 Å². The third kappa shape index (κ3) is 4.22. The van der Waals surface area contributed by atoms with E-state index in [1.165, 1.54) is 0 Å². The topological polar surface area (TPSA) is 46.3 Å². The van der Waals surface area contributed by atoms with Crippen molar-refractivity contribution in [2.45, 2.75) is 39.2 Å². The molecule has 2 N–H and O–H groups in total. The van der Waals surface area contributed by atoms with Crippen molar-refractivity contribution in [3.63, 3.8) is 0 Å². The molecule has 0 saturated carbocycles. The van der Waals surface area contributed by atoms with Crippen molar-refractivity contribution in [2.24, 2.45) is 5.73 Å². The van der Waals surface area contributed by atoms with Gasteiger partial charge in [-0.15, -0.1) is 0 Å². The van der Waals surface area contributed by atoms with E-state index < -0.39 is 0 Å². The molecule has 0 unspecified atom stereocenters. The maximum absolute atomic E-state index is 11.5. The van der Waals surface area contributed by atoms with Crippen LogP contribution in [-0.2, 0) is 4.79 Å². The molecule has 0 atom stereocenters. The molecule has 0 saturated heterocycles. The third-order valence-electron chi connectivity index (χ3n) is 2.21. The number of amides is 1. The number of carbonyl (C=O) groups excluding carboxylic acids is 1. The van der Waals surface area contributed by atoms with E-state index in [0.29, 0.717) is 6.04 Å². The maximum atomic E-state index is 11.5. The molecule has 0 aromatic carbocycles. The number of nitrogens with two attached hydrogens (primary N) is 1. The minimum Gasteiger partial charge on any atom is -0.393 e. The highest BCUT2D eigenvalue weighted by Crippen LogP contribution is 2.07. The molecule has 0 aliphatic rings. The van der Waals surface area contributed by atoms with E-state index in [-0.39, 0.29) is 17.3 Å². The molecule has 0 radical (unpaired) electrons. The highest BCUT2D eigenvalue weighted by atomic mass is 32.1. The molecule has 0 spiro atoms. The molecule has 0 bridgehead atoms. The molecule has 1 amide bonds. The van der Waals surface area contributed by atoms with Gasteiger partial charge in [0.25, 0.3) is 0 Å². The summed E-state index contributed by atoms with van der Waals surface area (Å²) in [7, 11) is 1.80. The highest BCUT2D eigenvalue weighted by Gasteiger charge is 2.16. The maximum Gasteiger partial charge on any atom is 0.229 e. The van der Waals surface area contributed by atoms with Gasteiger partial charge >= 0.3 is 0 Å². The fourth-order valence-electron chi connectivity index (χ4n) is 1.31. The summed E-state index contributed by atoms with van der Waals surface area (Å²) in [5, 5.41) is 0. The van der Waals surface area contributed by atoms with Crippen LogP contribution in [0.25, 0.3) is 0 Å². The monoisotopic (exact) mass is 202 g/mol. The summed E-state index contributed by atoms with van der Waals surface area (Å²) in [6.07, 6.45) is 2.12. The second kappa shape index (κ2) is 5.91. The van der Waals surface area contributed by atoms with Crippen molar-refractivity contribution >= 4 is 23.1 Å². The molecule has 76 valence electrons. The Kier molecular flexibility index (Phi) is 5.62. The second-order valence-corrected chi connectivity index (χ2v) is 3.64. The predicted molar refractivity (Wildman–Crippen MR) is 58.5 cm³/mol. The van der Waals surface area contributed by atoms with Crippen LogP contribution < -0.4 is 5.73 Å². The Morgan fingerprint density at radius 3 is 2.23 bits per heavy atom. The molecule has 0 heterocycles. The van der Waals surface area contributed by atoms with Gasteiger partial charge in [-0.2, -0.15) is 0 Å². The van der Waals surface area contributed by atoms with Gasteiger partial charge in [-0.05, 0) is 12.8 Å². The van der Waals surface area contributed by atoms with Gasteiger partial charge in [-0.1, -0.05) is 26.1 Å². The summed E-state index contributed by atoms with van der Waals surface area (Å²) in [5.41, 5.74) is 5.30. The van der Waals surface area contributed by atoms with E-state index >= 15 is 0 Å². The average Bonchev–Trinajstić information content (AvgIpc) is 2.05. The van der Waals surface area contributed by atoms with Crippen LogP contribution in [0.3, 0.4) is 0 Å². The van der Waals surface area contributed by atoms with Crippen LogP contribution in [0.1, 0.15) is 33.1 Å². The largest absolute Gasteiger partial charge is 0.393 e. The lowest BCUT2D eigenvalue weighted by molar-refractivity contribution is -0.130. The Morgan fingerprint density at radius 2 is 1.92 bits per heavy atom. The Balaban J connectivity index is 4.14. The number of rotatable bonds is 5.